The first-order chi connectivity index (χ1) is 8.45. The molecule has 4 atom stereocenters. The minimum absolute atomic E-state index is 0.149. The van der Waals surface area contributed by atoms with E-state index in [0.717, 1.165) is 10.8 Å². The molecule has 0 radical (unpaired) electrons. The Labute approximate surface area is 106 Å². The zero-order valence-corrected chi connectivity index (χ0v) is 9.85. The number of nitrogen functional groups attached to an aromatic ring is 1. The Morgan fingerprint density at radius 2 is 2.28 bits per heavy atom. The average molecular weight is 279 g/mol. The van der Waals surface area contributed by atoms with Crippen LogP contribution in [0, 0.1) is 10.6 Å². The summed E-state index contributed by atoms with van der Waals surface area (Å²) >= 11 is 4.83. The van der Waals surface area contributed by atoms with Crippen molar-refractivity contribution in [2.75, 3.05) is 12.3 Å². The van der Waals surface area contributed by atoms with Gasteiger partial charge in [-0.1, -0.05) is 0 Å². The molecule has 9 heteroatoms. The second-order valence-corrected chi connectivity index (χ2v) is 4.21. The van der Waals surface area contributed by atoms with Gasteiger partial charge in [-0.3, -0.25) is 4.57 Å². The number of nitrogens with zero attached hydrogens (tertiary/aromatic N) is 2. The molecule has 1 fully saturated rings. The fourth-order valence-electron chi connectivity index (χ4n) is 1.73. The van der Waals surface area contributed by atoms with Gasteiger partial charge in [0.2, 0.25) is 4.77 Å². The molecule has 2 heterocycles. The molecule has 6 nitrogen and oxygen atoms in total. The highest BCUT2D eigenvalue weighted by molar-refractivity contribution is 7.71. The van der Waals surface area contributed by atoms with E-state index in [0.29, 0.717) is 0 Å². The molecule has 0 saturated carbocycles. The van der Waals surface area contributed by atoms with Crippen LogP contribution in [0.15, 0.2) is 6.20 Å². The van der Waals surface area contributed by atoms with Crippen molar-refractivity contribution in [2.45, 2.75) is 24.6 Å². The zero-order valence-electron chi connectivity index (χ0n) is 9.03. The first-order valence-electron chi connectivity index (χ1n) is 5.08. The van der Waals surface area contributed by atoms with Crippen molar-refractivity contribution in [3.8, 4) is 0 Å². The summed E-state index contributed by atoms with van der Waals surface area (Å²) in [4.78, 5) is 3.53. The van der Waals surface area contributed by atoms with E-state index < -0.39 is 37.0 Å². The van der Waals surface area contributed by atoms with Crippen LogP contribution < -0.4 is 5.73 Å². The van der Waals surface area contributed by atoms with Crippen LogP contribution in [0.2, 0.25) is 0 Å². The Balaban J connectivity index is 2.39. The monoisotopic (exact) mass is 279 g/mol. The summed E-state index contributed by atoms with van der Waals surface area (Å²) in [5.74, 6) is -1.25. The van der Waals surface area contributed by atoms with Gasteiger partial charge in [0.1, 0.15) is 12.2 Å². The molecule has 0 bridgehead atoms. The van der Waals surface area contributed by atoms with Gasteiger partial charge in [-0.15, -0.1) is 0 Å². The van der Waals surface area contributed by atoms with E-state index in [2.05, 4.69) is 4.98 Å². The highest BCUT2D eigenvalue weighted by Crippen LogP contribution is 2.31. The van der Waals surface area contributed by atoms with Crippen molar-refractivity contribution >= 4 is 18.0 Å². The van der Waals surface area contributed by atoms with Crippen LogP contribution >= 0.6 is 12.2 Å². The molecule has 2 rings (SSSR count). The van der Waals surface area contributed by atoms with Gasteiger partial charge < -0.3 is 20.7 Å². The summed E-state index contributed by atoms with van der Waals surface area (Å²) < 4.78 is 32.7. The van der Waals surface area contributed by atoms with Crippen molar-refractivity contribution in [1.29, 1.82) is 0 Å². The van der Waals surface area contributed by atoms with E-state index in [1.54, 1.807) is 0 Å². The topological polar surface area (TPSA) is 93.5 Å². The highest BCUT2D eigenvalue weighted by Gasteiger charge is 2.45. The van der Waals surface area contributed by atoms with Gasteiger partial charge in [0.05, 0.1) is 6.61 Å². The molecule has 0 amide bonds. The van der Waals surface area contributed by atoms with Crippen LogP contribution in [0.1, 0.15) is 6.23 Å². The van der Waals surface area contributed by atoms with Crippen molar-refractivity contribution in [1.82, 2.24) is 9.55 Å². The van der Waals surface area contributed by atoms with Gasteiger partial charge in [-0.2, -0.15) is 4.98 Å². The molecule has 100 valence electrons. The Hall–Kier alpha value is -1.16. The smallest absolute Gasteiger partial charge is 0.203 e. The highest BCUT2D eigenvalue weighted by atomic mass is 32.1. The standard InChI is InChI=1S/C9H11F2N3O3S/c10-3-1-14(9(18)13-7(3)12)8-6(16)5(11)4(2-15)17-8/h1,4-6,8,15-16H,2H2,(H2,12,13,18)/t4-,5+,6+,8-/m1/s1. The number of ether oxygens (including phenoxy) is 1. The van der Waals surface area contributed by atoms with Gasteiger partial charge in [-0.05, 0) is 12.2 Å². The van der Waals surface area contributed by atoms with Crippen molar-refractivity contribution in [3.05, 3.63) is 16.8 Å². The predicted octanol–water partition coefficient (Wildman–Crippen LogP) is -0.0774. The number of aromatic nitrogens is 2. The molecule has 18 heavy (non-hydrogen) atoms. The summed E-state index contributed by atoms with van der Waals surface area (Å²) in [7, 11) is 0. The lowest BCUT2D eigenvalue weighted by molar-refractivity contribution is -0.0531. The zero-order chi connectivity index (χ0) is 13.4. The third kappa shape index (κ3) is 2.09. The van der Waals surface area contributed by atoms with Crippen LogP contribution in [0.4, 0.5) is 14.6 Å². The number of anilines is 1. The Morgan fingerprint density at radius 3 is 2.83 bits per heavy atom. The number of hydrogen-bond acceptors (Lipinski definition) is 6. The average Bonchev–Trinajstić information content (AvgIpc) is 2.61. The number of hydrogen-bond donors (Lipinski definition) is 3. The van der Waals surface area contributed by atoms with Crippen LogP contribution in [0.5, 0.6) is 0 Å². The maximum atomic E-state index is 13.5. The molecule has 1 aromatic heterocycles. The maximum Gasteiger partial charge on any atom is 0.203 e. The number of halogens is 2. The molecule has 1 aliphatic heterocycles. The van der Waals surface area contributed by atoms with Crippen LogP contribution in [-0.2, 0) is 4.74 Å². The van der Waals surface area contributed by atoms with E-state index in [9.17, 15) is 13.9 Å². The Kier molecular flexibility index (Phi) is 3.57. The quantitative estimate of drug-likeness (QED) is 0.656. The molecule has 0 spiro atoms. The van der Waals surface area contributed by atoms with Crippen LogP contribution in [0.25, 0.3) is 0 Å². The lowest BCUT2D eigenvalue weighted by Gasteiger charge is -2.18. The van der Waals surface area contributed by atoms with Crippen molar-refractivity contribution in [3.63, 3.8) is 0 Å². The Morgan fingerprint density at radius 1 is 1.61 bits per heavy atom. The summed E-state index contributed by atoms with van der Waals surface area (Å²) in [5.41, 5.74) is 5.22. The van der Waals surface area contributed by atoms with Gasteiger partial charge in [-0.25, -0.2) is 8.78 Å². The minimum Gasteiger partial charge on any atom is -0.394 e. The molecule has 4 N–H and O–H groups in total. The molecule has 1 aromatic rings. The van der Waals surface area contributed by atoms with Gasteiger partial charge in [0.15, 0.2) is 24.0 Å². The second-order valence-electron chi connectivity index (χ2n) is 3.85. The van der Waals surface area contributed by atoms with E-state index in [1.165, 1.54) is 0 Å². The summed E-state index contributed by atoms with van der Waals surface area (Å²) in [6.07, 6.45) is -4.91. The number of nitrogens with two attached hydrogens (primary N) is 1. The number of alkyl halides is 1. The molecule has 0 aliphatic carbocycles. The van der Waals surface area contributed by atoms with Crippen molar-refractivity contribution in [2.24, 2.45) is 0 Å². The number of aliphatic hydroxyl groups excluding tert-OH is 2. The molecule has 1 saturated heterocycles. The Bertz CT molecular complexity index is 512. The van der Waals surface area contributed by atoms with E-state index in [4.69, 9.17) is 27.8 Å². The minimum atomic E-state index is -1.79. The molecule has 1 aliphatic rings. The fourth-order valence-corrected chi connectivity index (χ4v) is 1.98. The molecule has 0 aromatic carbocycles. The molecular formula is C9H11F2N3O3S. The second kappa shape index (κ2) is 4.84. The number of rotatable bonds is 2. The summed E-state index contributed by atoms with van der Waals surface area (Å²) in [6.45, 7) is -0.604. The fraction of sp³-hybridized carbons (Fsp3) is 0.556. The van der Waals surface area contributed by atoms with Crippen molar-refractivity contribution < 1.29 is 23.7 Å². The summed E-state index contributed by atoms with van der Waals surface area (Å²) in [5, 5.41) is 18.5. The van der Waals surface area contributed by atoms with Crippen LogP contribution in [0.3, 0.4) is 0 Å². The normalized spacial score (nSPS) is 31.8. The lowest BCUT2D eigenvalue weighted by Crippen LogP contribution is -2.29. The van der Waals surface area contributed by atoms with E-state index in [1.807, 2.05) is 0 Å². The largest absolute Gasteiger partial charge is 0.394 e. The van der Waals surface area contributed by atoms with E-state index >= 15 is 0 Å². The van der Waals surface area contributed by atoms with Gasteiger partial charge in [0.25, 0.3) is 0 Å². The number of aliphatic hydroxyl groups is 2. The third-order valence-corrected chi connectivity index (χ3v) is 2.98. The van der Waals surface area contributed by atoms with E-state index in [-0.39, 0.29) is 10.6 Å². The first kappa shape index (κ1) is 13.3. The first-order valence-corrected chi connectivity index (χ1v) is 5.49. The SMILES string of the molecule is Nc1nc(=S)n([C@@H]2O[C@H](CO)[C@H](F)[C@@H]2O)cc1F. The molecular weight excluding hydrogens is 268 g/mol. The van der Waals surface area contributed by atoms with Crippen LogP contribution in [-0.4, -0.2) is 44.8 Å². The summed E-state index contributed by atoms with van der Waals surface area (Å²) in [6, 6.07) is 0. The third-order valence-electron chi connectivity index (χ3n) is 2.68. The van der Waals surface area contributed by atoms with Gasteiger partial charge >= 0.3 is 0 Å². The predicted molar refractivity (Wildman–Crippen MR) is 59.3 cm³/mol. The molecule has 0 unspecified atom stereocenters. The maximum absolute atomic E-state index is 13.5. The lowest BCUT2D eigenvalue weighted by atomic mass is 10.1. The van der Waals surface area contributed by atoms with Gasteiger partial charge in [0, 0.05) is 6.20 Å².